The summed E-state index contributed by atoms with van der Waals surface area (Å²) >= 11 is 0. The van der Waals surface area contributed by atoms with E-state index in [0.29, 0.717) is 28.6 Å². The highest BCUT2D eigenvalue weighted by atomic mass is 16.7. The van der Waals surface area contributed by atoms with Crippen LogP contribution in [0.15, 0.2) is 47.4 Å². The zero-order chi connectivity index (χ0) is 19.0. The fourth-order valence-corrected chi connectivity index (χ4v) is 2.78. The molecule has 0 saturated heterocycles. The van der Waals surface area contributed by atoms with Crippen LogP contribution in [0.3, 0.4) is 0 Å². The number of amides is 1. The van der Waals surface area contributed by atoms with Gasteiger partial charge in [0.25, 0.3) is 11.5 Å². The molecule has 0 saturated carbocycles. The first-order valence-electron chi connectivity index (χ1n) is 8.38. The summed E-state index contributed by atoms with van der Waals surface area (Å²) in [5.74, 6) is 1.20. The van der Waals surface area contributed by atoms with Crippen molar-refractivity contribution in [2.75, 3.05) is 12.1 Å². The van der Waals surface area contributed by atoms with Crippen molar-refractivity contribution in [3.8, 4) is 17.2 Å². The zero-order valence-electron chi connectivity index (χ0n) is 14.8. The number of ether oxygens (including phenoxy) is 3. The number of rotatable bonds is 4. The van der Waals surface area contributed by atoms with E-state index in [4.69, 9.17) is 14.2 Å². The highest BCUT2D eigenvalue weighted by molar-refractivity contribution is 5.94. The van der Waals surface area contributed by atoms with E-state index in [1.165, 1.54) is 4.40 Å². The zero-order valence-corrected chi connectivity index (χ0v) is 14.8. The summed E-state index contributed by atoms with van der Waals surface area (Å²) in [4.78, 5) is 29.5. The van der Waals surface area contributed by atoms with Crippen LogP contribution < -0.4 is 25.1 Å². The lowest BCUT2D eigenvalue weighted by Gasteiger charge is -2.16. The number of nitrogens with zero attached hydrogens (tertiary/aromatic N) is 2. The fraction of sp³-hybridized carbons (Fsp3) is 0.211. The number of aryl methyl sites for hydroxylation is 1. The Morgan fingerprint density at radius 1 is 1.26 bits per heavy atom. The van der Waals surface area contributed by atoms with Gasteiger partial charge < -0.3 is 19.5 Å². The van der Waals surface area contributed by atoms with Gasteiger partial charge in [-0.05, 0) is 38.1 Å². The minimum atomic E-state index is -0.833. The van der Waals surface area contributed by atoms with Gasteiger partial charge in [0.05, 0.1) is 5.69 Å². The minimum Gasteiger partial charge on any atom is -0.481 e. The predicted octanol–water partition coefficient (Wildman–Crippen LogP) is 2.14. The second-order valence-corrected chi connectivity index (χ2v) is 6.07. The molecule has 1 atom stereocenters. The van der Waals surface area contributed by atoms with Crippen LogP contribution in [0.5, 0.6) is 17.2 Å². The number of hydrogen-bond donors (Lipinski definition) is 1. The van der Waals surface area contributed by atoms with Crippen LogP contribution in [-0.4, -0.2) is 28.2 Å². The van der Waals surface area contributed by atoms with Crippen molar-refractivity contribution in [3.63, 3.8) is 0 Å². The van der Waals surface area contributed by atoms with E-state index in [1.54, 1.807) is 56.4 Å². The van der Waals surface area contributed by atoms with Crippen molar-refractivity contribution in [1.82, 2.24) is 9.38 Å². The fourth-order valence-electron chi connectivity index (χ4n) is 2.78. The highest BCUT2D eigenvalue weighted by Crippen LogP contribution is 2.35. The third-order valence-electron chi connectivity index (χ3n) is 4.19. The quantitative estimate of drug-likeness (QED) is 0.760. The van der Waals surface area contributed by atoms with Crippen molar-refractivity contribution in [2.24, 2.45) is 0 Å². The first-order valence-corrected chi connectivity index (χ1v) is 8.38. The Morgan fingerprint density at radius 3 is 2.93 bits per heavy atom. The van der Waals surface area contributed by atoms with Crippen LogP contribution in [0.2, 0.25) is 0 Å². The number of anilines is 1. The lowest BCUT2D eigenvalue weighted by molar-refractivity contribution is -0.122. The maximum absolute atomic E-state index is 12.6. The summed E-state index contributed by atoms with van der Waals surface area (Å²) in [6.07, 6.45) is 0.771. The molecule has 8 nitrogen and oxygen atoms in total. The van der Waals surface area contributed by atoms with Crippen molar-refractivity contribution < 1.29 is 19.0 Å². The largest absolute Gasteiger partial charge is 0.481 e. The van der Waals surface area contributed by atoms with Crippen molar-refractivity contribution in [3.05, 3.63) is 58.6 Å². The molecule has 1 aliphatic rings. The molecule has 1 N–H and O–H groups in total. The molecule has 3 aromatic rings. The molecule has 0 bridgehead atoms. The van der Waals surface area contributed by atoms with Crippen LogP contribution in [0.1, 0.15) is 12.6 Å². The molecule has 1 aliphatic heterocycles. The van der Waals surface area contributed by atoms with Crippen LogP contribution in [0.4, 0.5) is 5.69 Å². The Morgan fingerprint density at radius 2 is 2.07 bits per heavy atom. The van der Waals surface area contributed by atoms with E-state index in [2.05, 4.69) is 10.3 Å². The first kappa shape index (κ1) is 16.9. The van der Waals surface area contributed by atoms with Crippen LogP contribution in [0.25, 0.3) is 5.65 Å². The van der Waals surface area contributed by atoms with E-state index < -0.39 is 12.0 Å². The summed E-state index contributed by atoms with van der Waals surface area (Å²) < 4.78 is 17.6. The van der Waals surface area contributed by atoms with E-state index in [9.17, 15) is 9.59 Å². The molecule has 0 fully saturated rings. The highest BCUT2D eigenvalue weighted by Gasteiger charge is 2.20. The number of aromatic nitrogens is 2. The number of carbonyl (C=O) groups excluding carboxylic acids is 1. The van der Waals surface area contributed by atoms with Gasteiger partial charge in [-0.25, -0.2) is 4.98 Å². The standard InChI is InChI=1S/C19H17N3O5/c1-11-17(19(24)22-8-4-3-5-16(22)20-11)21-18(23)12(2)27-13-6-7-14-15(9-13)26-10-25-14/h3-9,12H,10H2,1-2H3,(H,21,23). The number of fused-ring (bicyclic) bond motifs is 2. The average molecular weight is 367 g/mol. The van der Waals surface area contributed by atoms with Crippen LogP contribution in [0, 0.1) is 6.92 Å². The van der Waals surface area contributed by atoms with E-state index in [1.807, 2.05) is 0 Å². The van der Waals surface area contributed by atoms with Crippen LogP contribution >= 0.6 is 0 Å². The van der Waals surface area contributed by atoms with Gasteiger partial charge in [-0.15, -0.1) is 0 Å². The number of carbonyl (C=O) groups is 1. The van der Waals surface area contributed by atoms with E-state index >= 15 is 0 Å². The molecule has 8 heteroatoms. The molecule has 3 heterocycles. The van der Waals surface area contributed by atoms with Gasteiger partial charge in [0, 0.05) is 12.3 Å². The monoisotopic (exact) mass is 367 g/mol. The Labute approximate surface area is 154 Å². The van der Waals surface area contributed by atoms with Crippen molar-refractivity contribution in [1.29, 1.82) is 0 Å². The second-order valence-electron chi connectivity index (χ2n) is 6.07. The topological polar surface area (TPSA) is 91.2 Å². The van der Waals surface area contributed by atoms with Gasteiger partial charge in [0.15, 0.2) is 17.6 Å². The van der Waals surface area contributed by atoms with Gasteiger partial charge in [0.1, 0.15) is 17.1 Å². The molecule has 1 aromatic carbocycles. The maximum atomic E-state index is 12.6. The summed E-state index contributed by atoms with van der Waals surface area (Å²) in [7, 11) is 0. The molecule has 0 spiro atoms. The van der Waals surface area contributed by atoms with Gasteiger partial charge >= 0.3 is 0 Å². The molecule has 0 radical (unpaired) electrons. The molecule has 27 heavy (non-hydrogen) atoms. The molecule has 4 rings (SSSR count). The SMILES string of the molecule is Cc1nc2ccccn2c(=O)c1NC(=O)C(C)Oc1ccc2c(c1)OCO2. The third kappa shape index (κ3) is 3.17. The Balaban J connectivity index is 1.53. The van der Waals surface area contributed by atoms with Gasteiger partial charge in [0.2, 0.25) is 6.79 Å². The molecular formula is C19H17N3O5. The number of hydrogen-bond acceptors (Lipinski definition) is 6. The predicted molar refractivity (Wildman–Crippen MR) is 97.5 cm³/mol. The molecule has 1 unspecified atom stereocenters. The van der Waals surface area contributed by atoms with Gasteiger partial charge in [-0.2, -0.15) is 0 Å². The lowest BCUT2D eigenvalue weighted by Crippen LogP contribution is -2.33. The molecular weight excluding hydrogens is 350 g/mol. The number of pyridine rings is 1. The molecule has 138 valence electrons. The van der Waals surface area contributed by atoms with Gasteiger partial charge in [-0.1, -0.05) is 6.07 Å². The third-order valence-corrected chi connectivity index (χ3v) is 4.19. The Kier molecular flexibility index (Phi) is 4.15. The Bertz CT molecular complexity index is 1090. The number of benzene rings is 1. The second kappa shape index (κ2) is 6.64. The van der Waals surface area contributed by atoms with Gasteiger partial charge in [-0.3, -0.25) is 14.0 Å². The number of nitrogens with one attached hydrogen (secondary N) is 1. The minimum absolute atomic E-state index is 0.129. The van der Waals surface area contributed by atoms with E-state index in [-0.39, 0.29) is 18.0 Å². The maximum Gasteiger partial charge on any atom is 0.281 e. The first-order chi connectivity index (χ1) is 13.0. The summed E-state index contributed by atoms with van der Waals surface area (Å²) in [5.41, 5.74) is 0.740. The molecule has 0 aliphatic carbocycles. The van der Waals surface area contributed by atoms with Crippen LogP contribution in [-0.2, 0) is 4.79 Å². The summed E-state index contributed by atoms with van der Waals surface area (Å²) in [6.45, 7) is 3.43. The average Bonchev–Trinajstić information content (AvgIpc) is 3.12. The van der Waals surface area contributed by atoms with Crippen molar-refractivity contribution in [2.45, 2.75) is 20.0 Å². The van der Waals surface area contributed by atoms with E-state index in [0.717, 1.165) is 0 Å². The lowest BCUT2D eigenvalue weighted by atomic mass is 10.3. The summed E-state index contributed by atoms with van der Waals surface area (Å²) in [6, 6.07) is 10.3. The normalized spacial score (nSPS) is 13.4. The molecule has 1 amide bonds. The Hall–Kier alpha value is -3.55. The molecule has 2 aromatic heterocycles. The summed E-state index contributed by atoms with van der Waals surface area (Å²) in [5, 5.41) is 2.63. The van der Waals surface area contributed by atoms with Crippen molar-refractivity contribution >= 4 is 17.2 Å². The smallest absolute Gasteiger partial charge is 0.281 e.